The molecule has 5 rings (SSSR count). The second kappa shape index (κ2) is 6.68. The van der Waals surface area contributed by atoms with E-state index >= 15 is 0 Å². The Hall–Kier alpha value is -3.24. The van der Waals surface area contributed by atoms with Gasteiger partial charge in [0, 0.05) is 29.3 Å². The van der Waals surface area contributed by atoms with Crippen molar-refractivity contribution in [1.82, 2.24) is 4.90 Å². The van der Waals surface area contributed by atoms with E-state index in [0.29, 0.717) is 12.1 Å². The summed E-state index contributed by atoms with van der Waals surface area (Å²) in [4.78, 5) is 29.4. The minimum absolute atomic E-state index is 0.00987. The summed E-state index contributed by atoms with van der Waals surface area (Å²) in [6.45, 7) is 0.634. The number of likely N-dealkylation sites (tertiary alicyclic amines) is 1. The minimum atomic E-state index is -1.01. The van der Waals surface area contributed by atoms with Crippen LogP contribution in [-0.4, -0.2) is 30.2 Å². The van der Waals surface area contributed by atoms with E-state index in [4.69, 9.17) is 0 Å². The molecule has 4 heteroatoms. The van der Waals surface area contributed by atoms with Crippen LogP contribution in [0.15, 0.2) is 84.9 Å². The van der Waals surface area contributed by atoms with Crippen LogP contribution in [0.25, 0.3) is 0 Å². The van der Waals surface area contributed by atoms with E-state index < -0.39 is 11.5 Å². The van der Waals surface area contributed by atoms with E-state index in [1.165, 1.54) is 0 Å². The van der Waals surface area contributed by atoms with Gasteiger partial charge in [0.15, 0.2) is 5.78 Å². The van der Waals surface area contributed by atoms with Gasteiger partial charge in [0.1, 0.15) is 5.54 Å². The molecule has 1 spiro atoms. The molecule has 29 heavy (non-hydrogen) atoms. The van der Waals surface area contributed by atoms with Gasteiger partial charge in [-0.1, -0.05) is 78.9 Å². The largest absolute Gasteiger partial charge is 0.324 e. The first-order valence-electron chi connectivity index (χ1n) is 9.90. The Kier molecular flexibility index (Phi) is 4.10. The van der Waals surface area contributed by atoms with Crippen molar-refractivity contribution in [3.8, 4) is 0 Å². The van der Waals surface area contributed by atoms with Crippen molar-refractivity contribution in [2.75, 3.05) is 18.9 Å². The highest BCUT2D eigenvalue weighted by atomic mass is 16.2. The zero-order chi connectivity index (χ0) is 20.0. The van der Waals surface area contributed by atoms with Crippen molar-refractivity contribution in [2.24, 2.45) is 5.92 Å². The SMILES string of the molecule is CN1CC(c2ccccc2)C(C(=O)c2ccccc2)C12C(=O)Nc1ccccc12. The molecule has 1 fully saturated rings. The van der Waals surface area contributed by atoms with Crippen molar-refractivity contribution in [3.05, 3.63) is 102 Å². The summed E-state index contributed by atoms with van der Waals surface area (Å²) in [6.07, 6.45) is 0. The van der Waals surface area contributed by atoms with Crippen LogP contribution >= 0.6 is 0 Å². The monoisotopic (exact) mass is 382 g/mol. The van der Waals surface area contributed by atoms with Gasteiger partial charge in [0.25, 0.3) is 0 Å². The summed E-state index contributed by atoms with van der Waals surface area (Å²) in [6, 6.07) is 27.1. The molecule has 2 heterocycles. The lowest BCUT2D eigenvalue weighted by atomic mass is 9.70. The number of carbonyl (C=O) groups is 2. The first-order chi connectivity index (χ1) is 14.1. The van der Waals surface area contributed by atoms with Gasteiger partial charge in [-0.15, -0.1) is 0 Å². The predicted molar refractivity (Wildman–Crippen MR) is 113 cm³/mol. The number of nitrogens with one attached hydrogen (secondary N) is 1. The Morgan fingerprint density at radius 2 is 1.55 bits per heavy atom. The fourth-order valence-corrected chi connectivity index (χ4v) is 5.18. The van der Waals surface area contributed by atoms with Crippen LogP contribution in [0, 0.1) is 5.92 Å². The summed E-state index contributed by atoms with van der Waals surface area (Å²) >= 11 is 0. The number of amides is 1. The van der Waals surface area contributed by atoms with Gasteiger partial charge in [-0.25, -0.2) is 0 Å². The highest BCUT2D eigenvalue weighted by molar-refractivity contribution is 6.12. The average Bonchev–Trinajstić information content (AvgIpc) is 3.24. The van der Waals surface area contributed by atoms with Crippen LogP contribution in [0.1, 0.15) is 27.4 Å². The van der Waals surface area contributed by atoms with E-state index in [2.05, 4.69) is 22.3 Å². The number of fused-ring (bicyclic) bond motifs is 2. The summed E-state index contributed by atoms with van der Waals surface area (Å²) in [5.74, 6) is -0.698. The number of nitrogens with zero attached hydrogens (tertiary/aromatic N) is 1. The molecule has 0 bridgehead atoms. The zero-order valence-corrected chi connectivity index (χ0v) is 16.2. The van der Waals surface area contributed by atoms with E-state index in [1.54, 1.807) is 0 Å². The standard InChI is InChI=1S/C25H22N2O2/c1-27-16-19(17-10-4-2-5-11-17)22(23(28)18-12-6-3-7-13-18)25(27)20-14-8-9-15-21(20)26-24(25)29/h2-15,19,22H,16H2,1H3,(H,26,29). The fourth-order valence-electron chi connectivity index (χ4n) is 5.18. The number of para-hydroxylation sites is 1. The molecule has 144 valence electrons. The Morgan fingerprint density at radius 1 is 0.931 bits per heavy atom. The maximum Gasteiger partial charge on any atom is 0.250 e. The van der Waals surface area contributed by atoms with Crippen molar-refractivity contribution in [2.45, 2.75) is 11.5 Å². The minimum Gasteiger partial charge on any atom is -0.324 e. The summed E-state index contributed by atoms with van der Waals surface area (Å²) in [5, 5.41) is 3.04. The highest BCUT2D eigenvalue weighted by Crippen LogP contribution is 2.55. The second-order valence-electron chi connectivity index (χ2n) is 7.87. The molecule has 1 saturated heterocycles. The van der Waals surface area contributed by atoms with Gasteiger partial charge in [-0.05, 0) is 18.7 Å². The van der Waals surface area contributed by atoms with Crippen LogP contribution in [0.4, 0.5) is 5.69 Å². The van der Waals surface area contributed by atoms with Crippen LogP contribution in [0.5, 0.6) is 0 Å². The van der Waals surface area contributed by atoms with Gasteiger partial charge < -0.3 is 5.32 Å². The highest BCUT2D eigenvalue weighted by Gasteiger charge is 2.64. The van der Waals surface area contributed by atoms with E-state index in [1.807, 2.05) is 79.8 Å². The lowest BCUT2D eigenvalue weighted by Gasteiger charge is -2.35. The van der Waals surface area contributed by atoms with Gasteiger partial charge in [0.05, 0.1) is 5.92 Å². The summed E-state index contributed by atoms with van der Waals surface area (Å²) in [7, 11) is 1.95. The summed E-state index contributed by atoms with van der Waals surface area (Å²) in [5.41, 5.74) is 2.40. The van der Waals surface area contributed by atoms with E-state index in [9.17, 15) is 9.59 Å². The van der Waals surface area contributed by atoms with Crippen LogP contribution < -0.4 is 5.32 Å². The average molecular weight is 382 g/mol. The maximum atomic E-state index is 13.9. The fraction of sp³-hybridized carbons (Fsp3) is 0.200. The number of Topliss-reactive ketones (excluding diaryl/α,β-unsaturated/α-hetero) is 1. The molecule has 2 aliphatic rings. The molecule has 2 aliphatic heterocycles. The van der Waals surface area contributed by atoms with Crippen LogP contribution in [-0.2, 0) is 10.3 Å². The Labute approximate surface area is 170 Å². The number of ketones is 1. The molecular formula is C25H22N2O2. The number of rotatable bonds is 3. The third-order valence-electron chi connectivity index (χ3n) is 6.43. The quantitative estimate of drug-likeness (QED) is 0.695. The molecule has 0 aliphatic carbocycles. The van der Waals surface area contributed by atoms with E-state index in [0.717, 1.165) is 16.8 Å². The van der Waals surface area contributed by atoms with Crippen molar-refractivity contribution in [1.29, 1.82) is 0 Å². The Bertz CT molecular complexity index is 1080. The number of anilines is 1. The first kappa shape index (κ1) is 17.8. The number of carbonyl (C=O) groups excluding carboxylic acids is 2. The third kappa shape index (κ3) is 2.49. The molecule has 0 aromatic heterocycles. The van der Waals surface area contributed by atoms with Crippen LogP contribution in [0.3, 0.4) is 0 Å². The molecular weight excluding hydrogens is 360 g/mol. The van der Waals surface area contributed by atoms with Crippen molar-refractivity contribution >= 4 is 17.4 Å². The van der Waals surface area contributed by atoms with Gasteiger partial charge >= 0.3 is 0 Å². The molecule has 1 amide bonds. The molecule has 3 unspecified atom stereocenters. The molecule has 0 radical (unpaired) electrons. The molecule has 3 aromatic rings. The lowest BCUT2D eigenvalue weighted by molar-refractivity contribution is -0.126. The molecule has 1 N–H and O–H groups in total. The Balaban J connectivity index is 1.74. The third-order valence-corrected chi connectivity index (χ3v) is 6.43. The van der Waals surface area contributed by atoms with E-state index in [-0.39, 0.29) is 17.6 Å². The Morgan fingerprint density at radius 3 is 2.28 bits per heavy atom. The van der Waals surface area contributed by atoms with Gasteiger partial charge in [-0.3, -0.25) is 14.5 Å². The van der Waals surface area contributed by atoms with Crippen molar-refractivity contribution < 1.29 is 9.59 Å². The van der Waals surface area contributed by atoms with Gasteiger partial charge in [-0.2, -0.15) is 0 Å². The molecule has 0 saturated carbocycles. The van der Waals surface area contributed by atoms with Gasteiger partial charge in [0.2, 0.25) is 5.91 Å². The smallest absolute Gasteiger partial charge is 0.250 e. The number of benzene rings is 3. The first-order valence-corrected chi connectivity index (χ1v) is 9.90. The molecule has 4 nitrogen and oxygen atoms in total. The molecule has 3 atom stereocenters. The topological polar surface area (TPSA) is 49.4 Å². The number of likely N-dealkylation sites (N-methyl/N-ethyl adjacent to an activating group) is 1. The number of hydrogen-bond donors (Lipinski definition) is 1. The lowest BCUT2D eigenvalue weighted by Crippen LogP contribution is -2.51. The second-order valence-corrected chi connectivity index (χ2v) is 7.87. The van der Waals surface area contributed by atoms with Crippen molar-refractivity contribution in [3.63, 3.8) is 0 Å². The predicted octanol–water partition coefficient (Wildman–Crippen LogP) is 4.06. The van der Waals surface area contributed by atoms with Crippen LogP contribution in [0.2, 0.25) is 0 Å². The summed E-state index contributed by atoms with van der Waals surface area (Å²) < 4.78 is 0. The molecule has 3 aromatic carbocycles. The normalized spacial score (nSPS) is 25.8. The number of hydrogen-bond acceptors (Lipinski definition) is 3. The maximum absolute atomic E-state index is 13.9. The zero-order valence-electron chi connectivity index (χ0n) is 16.2.